The number of methoxy groups -OCH3 is 2. The molecule has 3 fully saturated rings. The lowest BCUT2D eigenvalue weighted by Gasteiger charge is -2.30. The summed E-state index contributed by atoms with van der Waals surface area (Å²) in [4.78, 5) is 119. The number of morpholine rings is 1. The molecule has 0 radical (unpaired) electrons. The fourth-order valence-electron chi connectivity index (χ4n) is 12.7. The van der Waals surface area contributed by atoms with Crippen molar-refractivity contribution in [2.24, 2.45) is 0 Å². The maximum absolute atomic E-state index is 12.1. The van der Waals surface area contributed by atoms with E-state index in [1.807, 2.05) is 286 Å². The van der Waals surface area contributed by atoms with E-state index in [9.17, 15) is 53.3 Å². The number of hydrogen-bond donors (Lipinski definition) is 11. The van der Waals surface area contributed by atoms with E-state index in [0.717, 1.165) is 152 Å². The van der Waals surface area contributed by atoms with Crippen molar-refractivity contribution in [3.63, 3.8) is 0 Å². The minimum atomic E-state index is -0.481. The molecule has 1 aliphatic carbocycles. The zero-order valence-electron chi connectivity index (χ0n) is 82.4. The Morgan fingerprint density at radius 1 is 0.383 bits per heavy atom. The summed E-state index contributed by atoms with van der Waals surface area (Å²) in [6.45, 7) is 28.7. The van der Waals surface area contributed by atoms with Crippen molar-refractivity contribution in [2.45, 2.75) is 107 Å². The summed E-state index contributed by atoms with van der Waals surface area (Å²) in [5.41, 5.74) is 18.6. The number of alkyl halides is 1. The Morgan fingerprint density at radius 3 is 1.11 bits per heavy atom. The molecule has 0 bridgehead atoms. The van der Waals surface area contributed by atoms with Crippen molar-refractivity contribution in [3.8, 4) is 11.5 Å². The molecule has 742 valence electrons. The number of nitro benzene ring substituents is 1. The normalized spacial score (nSPS) is 11.7. The standard InChI is InChI=1S/C16H17NO3.C15H22N2O2.C14H12N2O3.C14H13NO.C11H16N2O.2C11H13NO.C10H13ClN2O.C10H13NO2/c1-11-4-6-12(7-5-11)16(18)17-13-8-9-14(19-2)15(10-13)20-3;1-13-3-5-14(6-4-13)15(18)16-7-2-8-17-9-11-19-12-10-17;1-10-2-4-11(5-3-10)14(17)15-12-6-8-13(9-7-12)16(18)19;1-11-7-9-12(10-8-11)14(16)15-13-5-3-2-4-6-13;1-3-7-12-11(14)13-10-6-4-5-9(2)8-10;1-9-3-5-10(6-4-9)11(13)12-7-2-8-12;1-8-2-4-9(5-3-8)11(13)12-10-6-7-10;1-8-3-2-4-9(7-8)13-10(14)12-6-5-11;1-8-2-4-9(5-3-8)10(13)11-6-7-12/h4-10H,1-3H3,(H,17,18);3-6H,2,7-12H2,1H3,(H,16,18);2-9H,1H3,(H,15,17);2-10H,1H3,(H,15,16);4-6,8H,3,7H2,1-2H3,(H2,12,13,14);3-6H,2,7-8H2,1H3;2-5,10H,6-7H2,1H3,(H,12,13);2-4,7H,5-6H2,1H3,(H2,12,13,14);2-5,12H,6-7H2,1H3,(H,11,13). The van der Waals surface area contributed by atoms with E-state index >= 15 is 0 Å². The van der Waals surface area contributed by atoms with Gasteiger partial charge in [-0.3, -0.25) is 48.6 Å². The molecule has 12 aromatic rings. The predicted molar refractivity (Wildman–Crippen MR) is 563 cm³/mol. The Balaban J connectivity index is 0.000000216. The Morgan fingerprint density at radius 2 is 0.745 bits per heavy atom. The minimum Gasteiger partial charge on any atom is -0.493 e. The summed E-state index contributed by atoms with van der Waals surface area (Å²) >= 11 is 5.43. The molecule has 0 unspecified atom stereocenters. The number of hydrogen-bond acceptors (Lipinski definition) is 16. The van der Waals surface area contributed by atoms with Crippen LogP contribution in [0.4, 0.5) is 43.7 Å². The SMILES string of the molecule is CCCNC(=O)Nc1cccc(C)c1.COc1ccc(NC(=O)c2ccc(C)cc2)cc1OC.Cc1ccc(C(=O)N2CCC2)cc1.Cc1ccc(C(=O)NC2CC2)cc1.Cc1ccc(C(=O)NCCCN2CCOCC2)cc1.Cc1ccc(C(=O)NCCO)cc1.Cc1ccc(C(=O)Nc2ccc([N+](=O)[O-])cc2)cc1.Cc1ccc(C(=O)Nc2ccccc2)cc1.Cc1cccc(NC(=O)NCCCl)c1. The van der Waals surface area contributed by atoms with Crippen molar-refractivity contribution in [1.82, 2.24) is 36.4 Å². The van der Waals surface area contributed by atoms with Gasteiger partial charge in [-0.25, -0.2) is 9.59 Å². The van der Waals surface area contributed by atoms with Crippen LogP contribution in [0, 0.1) is 72.4 Å². The smallest absolute Gasteiger partial charge is 0.319 e. The highest BCUT2D eigenvalue weighted by Gasteiger charge is 2.24. The van der Waals surface area contributed by atoms with Crippen LogP contribution in [0.25, 0.3) is 0 Å². The molecule has 28 nitrogen and oxygen atoms in total. The number of urea groups is 2. The minimum absolute atomic E-state index is 0.00617. The van der Waals surface area contributed by atoms with Gasteiger partial charge in [0.25, 0.3) is 47.0 Å². The first kappa shape index (κ1) is 113. The van der Waals surface area contributed by atoms with Crippen LogP contribution in [-0.4, -0.2) is 178 Å². The number of carbonyl (C=O) groups is 9. The van der Waals surface area contributed by atoms with Gasteiger partial charge < -0.3 is 77.4 Å². The first-order valence-electron chi connectivity index (χ1n) is 46.7. The number of ether oxygens (including phenoxy) is 3. The lowest BCUT2D eigenvalue weighted by molar-refractivity contribution is -0.384. The van der Waals surface area contributed by atoms with Crippen LogP contribution in [0.1, 0.15) is 162 Å². The summed E-state index contributed by atoms with van der Waals surface area (Å²) < 4.78 is 15.7. The second-order valence-electron chi connectivity index (χ2n) is 33.3. The van der Waals surface area contributed by atoms with Crippen LogP contribution in [-0.2, 0) is 4.74 Å². The van der Waals surface area contributed by atoms with Crippen molar-refractivity contribution in [1.29, 1.82) is 0 Å². The first-order chi connectivity index (χ1) is 67.9. The summed E-state index contributed by atoms with van der Waals surface area (Å²) in [5.74, 6) is 1.25. The van der Waals surface area contributed by atoms with Crippen molar-refractivity contribution < 1.29 is 67.4 Å². The molecule has 141 heavy (non-hydrogen) atoms. The van der Waals surface area contributed by atoms with Gasteiger partial charge in [-0.2, -0.15) is 0 Å². The molecule has 0 spiro atoms. The van der Waals surface area contributed by atoms with Crippen LogP contribution in [0.3, 0.4) is 0 Å². The molecule has 2 saturated heterocycles. The average Bonchev–Trinajstić information content (AvgIpc) is 1.80. The fraction of sp³-hybridized carbons (Fsp3) is 0.277. The number of rotatable bonds is 26. The maximum Gasteiger partial charge on any atom is 0.319 e. The number of aliphatic hydroxyl groups excluding tert-OH is 1. The van der Waals surface area contributed by atoms with E-state index in [0.29, 0.717) is 76.7 Å². The summed E-state index contributed by atoms with van der Waals surface area (Å²) in [6, 6.07) is 88.3. The second kappa shape index (κ2) is 62.5. The monoisotopic (exact) mass is 1930 g/mol. The molecule has 29 heteroatoms. The number of benzene rings is 12. The zero-order chi connectivity index (χ0) is 102. The number of nitro groups is 1. The van der Waals surface area contributed by atoms with Crippen LogP contribution in [0.15, 0.2) is 291 Å². The van der Waals surface area contributed by atoms with Gasteiger partial charge in [0, 0.05) is 150 Å². The maximum atomic E-state index is 12.1. The molecule has 11 amide bonds. The lowest BCUT2D eigenvalue weighted by atomic mass is 10.1. The van der Waals surface area contributed by atoms with Crippen LogP contribution >= 0.6 is 11.6 Å². The molecule has 2 aliphatic heterocycles. The quantitative estimate of drug-likeness (QED) is 0.0104. The van der Waals surface area contributed by atoms with Crippen molar-refractivity contribution in [3.05, 3.63) is 390 Å². The number of aryl methyl sites for hydroxylation is 9. The third kappa shape index (κ3) is 44.3. The molecule has 2 heterocycles. The van der Waals surface area contributed by atoms with Crippen LogP contribution in [0.2, 0.25) is 0 Å². The third-order valence-electron chi connectivity index (χ3n) is 21.2. The zero-order valence-corrected chi connectivity index (χ0v) is 83.2. The van der Waals surface area contributed by atoms with Gasteiger partial charge in [0.05, 0.1) is 39.0 Å². The molecule has 0 aromatic heterocycles. The highest BCUT2D eigenvalue weighted by Crippen LogP contribution is 2.30. The number of likely N-dealkylation sites (tertiary alicyclic amines) is 1. The van der Waals surface area contributed by atoms with E-state index < -0.39 is 4.92 Å². The van der Waals surface area contributed by atoms with Gasteiger partial charge in [0.1, 0.15) is 0 Å². The van der Waals surface area contributed by atoms with Gasteiger partial charge in [-0.1, -0.05) is 173 Å². The highest BCUT2D eigenvalue weighted by atomic mass is 35.5. The Hall–Kier alpha value is -15.4. The van der Waals surface area contributed by atoms with Crippen LogP contribution in [0.5, 0.6) is 11.5 Å². The van der Waals surface area contributed by atoms with Gasteiger partial charge in [-0.05, 0) is 258 Å². The molecule has 12 aromatic carbocycles. The number of aliphatic hydroxyl groups is 1. The molecular formula is C112H132ClN13O15. The third-order valence-corrected chi connectivity index (χ3v) is 21.3. The first-order valence-corrected chi connectivity index (χ1v) is 47.2. The van der Waals surface area contributed by atoms with Gasteiger partial charge >= 0.3 is 12.1 Å². The Kier molecular flexibility index (Phi) is 49.9. The van der Waals surface area contributed by atoms with E-state index in [2.05, 4.69) is 58.1 Å². The number of amides is 11. The molecule has 0 atom stereocenters. The Labute approximate surface area is 832 Å². The molecule has 15 rings (SSSR count). The molecule has 1 saturated carbocycles. The van der Waals surface area contributed by atoms with Gasteiger partial charge in [-0.15, -0.1) is 11.6 Å². The summed E-state index contributed by atoms with van der Waals surface area (Å²) in [5, 5.41) is 46.7. The number of para-hydroxylation sites is 1. The lowest BCUT2D eigenvalue weighted by Crippen LogP contribution is -2.41. The number of halogens is 1. The number of non-ortho nitro benzene ring substituents is 1. The van der Waals surface area contributed by atoms with Gasteiger partial charge in [0.15, 0.2) is 11.5 Å². The fourth-order valence-corrected chi connectivity index (χ4v) is 12.8. The second-order valence-corrected chi connectivity index (χ2v) is 33.7. The van der Waals surface area contributed by atoms with Crippen molar-refractivity contribution >= 4 is 99.1 Å². The number of carbonyl (C=O) groups excluding carboxylic acids is 9. The summed E-state index contributed by atoms with van der Waals surface area (Å²) in [7, 11) is 3.13. The Bertz CT molecular complexity index is 5810. The van der Waals surface area contributed by atoms with E-state index in [4.69, 9.17) is 30.9 Å². The van der Waals surface area contributed by atoms with E-state index in [1.165, 1.54) is 41.0 Å². The average molecular weight is 1940 g/mol. The van der Waals surface area contributed by atoms with E-state index in [1.54, 1.807) is 68.8 Å². The summed E-state index contributed by atoms with van der Waals surface area (Å²) in [6.07, 6.45) is 5.35. The number of anilines is 5. The number of nitrogens with zero attached hydrogens (tertiary/aromatic N) is 3. The topological polar surface area (TPSA) is 371 Å². The molecular weight excluding hydrogens is 1800 g/mol. The highest BCUT2D eigenvalue weighted by molar-refractivity contribution is 6.18. The van der Waals surface area contributed by atoms with Gasteiger partial charge in [0.2, 0.25) is 0 Å². The number of nitrogens with one attached hydrogen (secondary N) is 10. The van der Waals surface area contributed by atoms with E-state index in [-0.39, 0.29) is 65.7 Å². The largest absolute Gasteiger partial charge is 0.493 e. The van der Waals surface area contributed by atoms with Crippen molar-refractivity contribution in [2.75, 3.05) is 125 Å². The predicted octanol–water partition coefficient (Wildman–Crippen LogP) is 20.4. The van der Waals surface area contributed by atoms with Crippen LogP contribution < -0.4 is 62.6 Å². The molecule has 3 aliphatic rings. The molecule has 11 N–H and O–H groups in total.